The Bertz CT molecular complexity index is 485. The molecule has 0 radical (unpaired) electrons. The van der Waals surface area contributed by atoms with Gasteiger partial charge < -0.3 is 5.11 Å². The van der Waals surface area contributed by atoms with E-state index in [1.807, 2.05) is 0 Å². The minimum atomic E-state index is -0.653. The van der Waals surface area contributed by atoms with Gasteiger partial charge in [-0.15, -0.1) is 7.92 Å². The highest BCUT2D eigenvalue weighted by atomic mass is 31.1. The van der Waals surface area contributed by atoms with Crippen molar-refractivity contribution in [1.29, 1.82) is 0 Å². The number of hydrogen-bond donors (Lipinski definition) is 1. The van der Waals surface area contributed by atoms with Crippen LogP contribution in [0, 0.1) is 0 Å². The fourth-order valence-electron chi connectivity index (χ4n) is 6.33. The number of hydrogen-bond acceptors (Lipinski definition) is 1. The lowest BCUT2D eigenvalue weighted by molar-refractivity contribution is -0.137. The summed E-state index contributed by atoms with van der Waals surface area (Å²) in [4.78, 5) is 10.3. The van der Waals surface area contributed by atoms with Crippen LogP contribution in [-0.4, -0.2) is 29.6 Å². The Morgan fingerprint density at radius 2 is 0.533 bits per heavy atom. The van der Waals surface area contributed by atoms with Crippen molar-refractivity contribution in [2.24, 2.45) is 0 Å². The van der Waals surface area contributed by atoms with E-state index in [1.165, 1.54) is 199 Å². The van der Waals surface area contributed by atoms with Crippen LogP contribution in [0.3, 0.4) is 0 Å². The maximum atomic E-state index is 10.3. The summed E-state index contributed by atoms with van der Waals surface area (Å²) in [5, 5.41) is 8.52. The SMILES string of the molecule is CCCCCCCCCCCCCCCCCC(=O)O.CCCCCCCCP(CCCCCCCC)CCCCCCCC. The molecule has 0 aromatic carbocycles. The number of carbonyl (C=O) groups is 1. The minimum Gasteiger partial charge on any atom is -0.481 e. The Labute approximate surface area is 287 Å². The van der Waals surface area contributed by atoms with E-state index in [1.54, 1.807) is 18.5 Å². The predicted octanol–water partition coefficient (Wildman–Crippen LogP) is 15.9. The first-order valence-corrected chi connectivity index (χ1v) is 23.0. The third-order valence-electron chi connectivity index (χ3n) is 9.48. The zero-order chi connectivity index (χ0) is 33.3. The first-order valence-electron chi connectivity index (χ1n) is 21.1. The Balaban J connectivity index is 0. The molecule has 0 saturated heterocycles. The normalized spacial score (nSPS) is 11.2. The molecule has 2 nitrogen and oxygen atoms in total. The molecule has 0 aromatic rings. The van der Waals surface area contributed by atoms with Gasteiger partial charge in [0.2, 0.25) is 0 Å². The highest BCUT2D eigenvalue weighted by Crippen LogP contribution is 2.39. The summed E-state index contributed by atoms with van der Waals surface area (Å²) in [6.07, 6.45) is 51.4. The van der Waals surface area contributed by atoms with Gasteiger partial charge in [-0.1, -0.05) is 214 Å². The second kappa shape index (κ2) is 43.9. The summed E-state index contributed by atoms with van der Waals surface area (Å²) in [6, 6.07) is 0. The molecule has 0 fully saturated rings. The fourth-order valence-corrected chi connectivity index (χ4v) is 9.01. The summed E-state index contributed by atoms with van der Waals surface area (Å²) in [5.41, 5.74) is 0. The van der Waals surface area contributed by atoms with Crippen LogP contribution in [0.4, 0.5) is 0 Å². The molecule has 0 heterocycles. The van der Waals surface area contributed by atoms with Crippen LogP contribution >= 0.6 is 7.92 Å². The van der Waals surface area contributed by atoms with Gasteiger partial charge in [-0.05, 0) is 44.2 Å². The van der Waals surface area contributed by atoms with Crippen molar-refractivity contribution < 1.29 is 9.90 Å². The van der Waals surface area contributed by atoms with Gasteiger partial charge in [-0.3, -0.25) is 4.79 Å². The monoisotopic (exact) mass is 655 g/mol. The van der Waals surface area contributed by atoms with Gasteiger partial charge in [0.25, 0.3) is 0 Å². The molecule has 1 N–H and O–H groups in total. The second-order valence-electron chi connectivity index (χ2n) is 14.2. The molecule has 0 amide bonds. The van der Waals surface area contributed by atoms with Gasteiger partial charge in [-0.2, -0.15) is 0 Å². The lowest BCUT2D eigenvalue weighted by Crippen LogP contribution is -1.97. The lowest BCUT2D eigenvalue weighted by Gasteiger charge is -2.18. The Morgan fingerprint density at radius 3 is 0.756 bits per heavy atom. The van der Waals surface area contributed by atoms with E-state index < -0.39 is 5.97 Å². The average Bonchev–Trinajstić information content (AvgIpc) is 3.03. The predicted molar refractivity (Wildman–Crippen MR) is 209 cm³/mol. The van der Waals surface area contributed by atoms with Crippen molar-refractivity contribution >= 4 is 13.9 Å². The Hall–Kier alpha value is -0.100. The molecule has 0 aliphatic rings. The molecule has 3 heteroatoms. The molecule has 272 valence electrons. The third kappa shape index (κ3) is 46.1. The highest BCUT2D eigenvalue weighted by molar-refractivity contribution is 7.57. The van der Waals surface area contributed by atoms with Crippen LogP contribution in [0.15, 0.2) is 0 Å². The van der Waals surface area contributed by atoms with E-state index in [9.17, 15) is 4.79 Å². The largest absolute Gasteiger partial charge is 0.481 e. The first-order chi connectivity index (χ1) is 22.1. The van der Waals surface area contributed by atoms with Crippen LogP contribution in [0.25, 0.3) is 0 Å². The van der Waals surface area contributed by atoms with Crippen LogP contribution in [0.1, 0.15) is 246 Å². The molecule has 0 aliphatic heterocycles. The van der Waals surface area contributed by atoms with Gasteiger partial charge in [-0.25, -0.2) is 0 Å². The summed E-state index contributed by atoms with van der Waals surface area (Å²) >= 11 is 0. The van der Waals surface area contributed by atoms with Crippen molar-refractivity contribution in [3.05, 3.63) is 0 Å². The number of carboxylic acid groups (broad SMARTS) is 1. The van der Waals surface area contributed by atoms with Crippen molar-refractivity contribution in [2.45, 2.75) is 246 Å². The second-order valence-corrected chi connectivity index (χ2v) is 16.9. The number of unbranched alkanes of at least 4 members (excludes halogenated alkanes) is 29. The quantitative estimate of drug-likeness (QED) is 0.0534. The molecule has 0 spiro atoms. The topological polar surface area (TPSA) is 37.3 Å². The maximum Gasteiger partial charge on any atom is 0.303 e. The Morgan fingerprint density at radius 1 is 0.333 bits per heavy atom. The number of aliphatic carboxylic acids is 1. The van der Waals surface area contributed by atoms with Gasteiger partial charge in [0.15, 0.2) is 0 Å². The summed E-state index contributed by atoms with van der Waals surface area (Å²) in [6.45, 7) is 9.23. The zero-order valence-corrected chi connectivity index (χ0v) is 32.9. The molecule has 0 unspecified atom stereocenters. The molecule has 45 heavy (non-hydrogen) atoms. The number of carboxylic acids is 1. The first kappa shape index (κ1) is 47.0. The molecular weight excluding hydrogens is 567 g/mol. The van der Waals surface area contributed by atoms with E-state index in [-0.39, 0.29) is 0 Å². The molecule has 0 saturated carbocycles. The van der Waals surface area contributed by atoms with Crippen LogP contribution in [-0.2, 0) is 4.79 Å². The minimum absolute atomic E-state index is 0.345. The average molecular weight is 655 g/mol. The molecule has 0 bridgehead atoms. The van der Waals surface area contributed by atoms with Gasteiger partial charge in [0.1, 0.15) is 0 Å². The van der Waals surface area contributed by atoms with Gasteiger partial charge >= 0.3 is 5.97 Å². The van der Waals surface area contributed by atoms with Crippen molar-refractivity contribution in [3.8, 4) is 0 Å². The molecule has 0 rings (SSSR count). The summed E-state index contributed by atoms with van der Waals surface area (Å²) in [5.74, 6) is -0.653. The zero-order valence-electron chi connectivity index (χ0n) is 32.0. The van der Waals surface area contributed by atoms with Crippen molar-refractivity contribution in [3.63, 3.8) is 0 Å². The van der Waals surface area contributed by atoms with E-state index in [0.29, 0.717) is 14.3 Å². The van der Waals surface area contributed by atoms with Crippen LogP contribution < -0.4 is 0 Å². The van der Waals surface area contributed by atoms with Crippen LogP contribution in [0.5, 0.6) is 0 Å². The molecule has 0 aliphatic carbocycles. The van der Waals surface area contributed by atoms with Crippen molar-refractivity contribution in [2.75, 3.05) is 18.5 Å². The third-order valence-corrected chi connectivity index (χ3v) is 12.3. The summed E-state index contributed by atoms with van der Waals surface area (Å²) in [7, 11) is 0.366. The van der Waals surface area contributed by atoms with E-state index in [0.717, 1.165) is 12.8 Å². The van der Waals surface area contributed by atoms with Crippen LogP contribution in [0.2, 0.25) is 0 Å². The maximum absolute atomic E-state index is 10.3. The van der Waals surface area contributed by atoms with Gasteiger partial charge in [0.05, 0.1) is 0 Å². The molecular formula is C42H87O2P. The fraction of sp³-hybridized carbons (Fsp3) is 0.976. The smallest absolute Gasteiger partial charge is 0.303 e. The van der Waals surface area contributed by atoms with E-state index in [4.69, 9.17) is 5.11 Å². The summed E-state index contributed by atoms with van der Waals surface area (Å²) < 4.78 is 0. The number of rotatable bonds is 37. The van der Waals surface area contributed by atoms with E-state index >= 15 is 0 Å². The molecule has 0 aromatic heterocycles. The standard InChI is InChI=1S/C24H51P.C18H36O2/c1-4-7-10-13-16-19-22-25(23-20-17-14-11-8-5-2)24-21-18-15-12-9-6-3;1-2-3-4-5-6-7-8-9-10-11-12-13-14-15-16-17-18(19)20/h4-24H2,1-3H3;2-17H2,1H3,(H,19,20). The molecule has 0 atom stereocenters. The van der Waals surface area contributed by atoms with E-state index in [2.05, 4.69) is 27.7 Å². The highest BCUT2D eigenvalue weighted by Gasteiger charge is 2.08. The Kier molecular flexibility index (Phi) is 45.9. The lowest BCUT2D eigenvalue weighted by atomic mass is 10.0. The van der Waals surface area contributed by atoms with Gasteiger partial charge in [0, 0.05) is 6.42 Å². The van der Waals surface area contributed by atoms with Crippen molar-refractivity contribution in [1.82, 2.24) is 0 Å².